The number of halogens is 1. The average Bonchev–Trinajstić information content (AvgIpc) is 3.31. The van der Waals surface area contributed by atoms with Gasteiger partial charge in [-0.05, 0) is 18.8 Å². The molecule has 0 N–H and O–H groups in total. The Morgan fingerprint density at radius 2 is 2.04 bits per heavy atom. The first-order valence-electron chi connectivity index (χ1n) is 9.88. The van der Waals surface area contributed by atoms with Gasteiger partial charge < -0.3 is 4.74 Å². The third-order valence-corrected chi connectivity index (χ3v) is 7.24. The van der Waals surface area contributed by atoms with Gasteiger partial charge in [-0.3, -0.25) is 28.1 Å². The normalized spacial score (nSPS) is 36.7. The molecular formula is C18H25FNO7P. The number of carbonyl (C=O) groups is 2. The lowest BCUT2D eigenvalue weighted by molar-refractivity contribution is -0.146. The topological polar surface area (TPSA) is 91.4 Å². The summed E-state index contributed by atoms with van der Waals surface area (Å²) in [7, 11) is -3.68. The molecule has 0 aromatic carbocycles. The molecule has 1 aliphatic carbocycles. The Morgan fingerprint density at radius 3 is 2.82 bits per heavy atom. The molecule has 4 atom stereocenters. The van der Waals surface area contributed by atoms with Crippen molar-refractivity contribution in [3.63, 3.8) is 0 Å². The summed E-state index contributed by atoms with van der Waals surface area (Å²) in [5, 5.41) is 0. The Labute approximate surface area is 162 Å². The highest BCUT2D eigenvalue weighted by atomic mass is 31.2. The highest BCUT2D eigenvalue weighted by Gasteiger charge is 2.49. The van der Waals surface area contributed by atoms with Gasteiger partial charge >= 0.3 is 7.82 Å². The van der Waals surface area contributed by atoms with Crippen LogP contribution in [0.2, 0.25) is 0 Å². The number of fused-ring (bicyclic) bond motifs is 1. The second-order valence-electron chi connectivity index (χ2n) is 7.76. The van der Waals surface area contributed by atoms with Crippen LogP contribution in [0.5, 0.6) is 0 Å². The number of ether oxygens (including phenoxy) is 1. The van der Waals surface area contributed by atoms with E-state index in [1.54, 1.807) is 0 Å². The molecule has 3 aliphatic heterocycles. The molecule has 3 fully saturated rings. The van der Waals surface area contributed by atoms with Crippen molar-refractivity contribution in [1.82, 2.24) is 4.90 Å². The van der Waals surface area contributed by atoms with Crippen molar-refractivity contribution < 1.29 is 36.9 Å². The fourth-order valence-electron chi connectivity index (χ4n) is 4.23. The fraction of sp³-hybridized carbons (Fsp3) is 0.778. The van der Waals surface area contributed by atoms with E-state index in [2.05, 4.69) is 0 Å². The van der Waals surface area contributed by atoms with Crippen LogP contribution in [0.15, 0.2) is 12.0 Å². The first-order valence-corrected chi connectivity index (χ1v) is 11.3. The van der Waals surface area contributed by atoms with Crippen LogP contribution in [0.25, 0.3) is 0 Å². The van der Waals surface area contributed by atoms with Crippen LogP contribution in [0.3, 0.4) is 0 Å². The summed E-state index contributed by atoms with van der Waals surface area (Å²) in [4.78, 5) is 24.4. The van der Waals surface area contributed by atoms with Crippen molar-refractivity contribution >= 4 is 19.5 Å². The quantitative estimate of drug-likeness (QED) is 0.372. The van der Waals surface area contributed by atoms with Crippen LogP contribution in [-0.4, -0.2) is 48.2 Å². The van der Waals surface area contributed by atoms with Gasteiger partial charge in [-0.15, -0.1) is 0 Å². The summed E-state index contributed by atoms with van der Waals surface area (Å²) in [6.07, 6.45) is 5.55. The smallest absolute Gasteiger partial charge is 0.349 e. The molecule has 0 spiro atoms. The van der Waals surface area contributed by atoms with Crippen molar-refractivity contribution in [1.29, 1.82) is 0 Å². The van der Waals surface area contributed by atoms with Crippen molar-refractivity contribution in [2.24, 2.45) is 5.92 Å². The molecule has 28 heavy (non-hydrogen) atoms. The Kier molecular flexibility index (Phi) is 5.99. The van der Waals surface area contributed by atoms with E-state index in [0.717, 1.165) is 29.9 Å². The predicted octanol–water partition coefficient (Wildman–Crippen LogP) is 3.22. The third kappa shape index (κ3) is 4.39. The van der Waals surface area contributed by atoms with Gasteiger partial charge in [0.1, 0.15) is 18.4 Å². The van der Waals surface area contributed by atoms with Gasteiger partial charge in [-0.25, -0.2) is 8.96 Å². The lowest BCUT2D eigenvalue weighted by atomic mass is 10.0. The molecule has 1 saturated carbocycles. The summed E-state index contributed by atoms with van der Waals surface area (Å²) >= 11 is 0. The summed E-state index contributed by atoms with van der Waals surface area (Å²) in [5.74, 6) is -1.63. The van der Waals surface area contributed by atoms with Crippen LogP contribution in [0.4, 0.5) is 4.39 Å². The molecule has 1 unspecified atom stereocenters. The molecule has 0 radical (unpaired) electrons. The van der Waals surface area contributed by atoms with Crippen LogP contribution in [0.1, 0.15) is 51.4 Å². The van der Waals surface area contributed by atoms with E-state index in [4.69, 9.17) is 18.3 Å². The first-order chi connectivity index (χ1) is 13.4. The van der Waals surface area contributed by atoms with Gasteiger partial charge in [0.15, 0.2) is 5.83 Å². The van der Waals surface area contributed by atoms with E-state index < -0.39 is 50.2 Å². The highest BCUT2D eigenvalue weighted by Crippen LogP contribution is 2.56. The standard InChI is InChI=1S/C18H25FNO7P/c19-13-10-20(17(22)8-14(13)21)18-9-15-16(26-18)11-25-28(23,27-15)24-7-3-6-12-4-1-2-5-12/h10,12,15-16,18H,1-9,11H2/t15-,16+,18+,28?/m0/s1. The zero-order valence-electron chi connectivity index (χ0n) is 15.6. The van der Waals surface area contributed by atoms with E-state index in [1.165, 1.54) is 25.7 Å². The SMILES string of the molecule is O=C1CC(=O)N([C@H]2C[C@@H]3OP(=O)(OCCCC4CCCC4)OC[C@H]3O2)C=C1F. The zero-order chi connectivity index (χ0) is 19.7. The van der Waals surface area contributed by atoms with E-state index in [0.29, 0.717) is 6.61 Å². The van der Waals surface area contributed by atoms with Gasteiger partial charge in [0.05, 0.1) is 19.6 Å². The van der Waals surface area contributed by atoms with E-state index in [9.17, 15) is 18.5 Å². The zero-order valence-corrected chi connectivity index (χ0v) is 16.5. The second kappa shape index (κ2) is 8.32. The maximum Gasteiger partial charge on any atom is 0.475 e. The number of Topliss-reactive ketones (excluding diaryl/α,β-unsaturated/α-hetero) is 1. The van der Waals surface area contributed by atoms with Crippen LogP contribution in [-0.2, 0) is 32.5 Å². The highest BCUT2D eigenvalue weighted by molar-refractivity contribution is 7.48. The minimum absolute atomic E-state index is 0.00816. The molecule has 10 heteroatoms. The number of rotatable bonds is 6. The van der Waals surface area contributed by atoms with Crippen LogP contribution < -0.4 is 0 Å². The molecular weight excluding hydrogens is 392 g/mol. The second-order valence-corrected chi connectivity index (χ2v) is 9.38. The van der Waals surface area contributed by atoms with E-state index in [-0.39, 0.29) is 13.0 Å². The minimum atomic E-state index is -3.68. The molecule has 3 heterocycles. The number of hydrogen-bond acceptors (Lipinski definition) is 7. The number of nitrogens with zero attached hydrogens (tertiary/aromatic N) is 1. The third-order valence-electron chi connectivity index (χ3n) is 5.75. The van der Waals surface area contributed by atoms with Crippen molar-refractivity contribution in [3.05, 3.63) is 12.0 Å². The average molecular weight is 417 g/mol. The maximum atomic E-state index is 13.6. The maximum absolute atomic E-state index is 13.6. The Hall–Kier alpha value is -1.12. The van der Waals surface area contributed by atoms with E-state index >= 15 is 0 Å². The number of ketones is 1. The predicted molar refractivity (Wildman–Crippen MR) is 94.5 cm³/mol. The number of amides is 1. The molecule has 1 amide bonds. The van der Waals surface area contributed by atoms with Gasteiger partial charge in [0.2, 0.25) is 11.7 Å². The van der Waals surface area contributed by atoms with Crippen molar-refractivity contribution in [3.8, 4) is 0 Å². The molecule has 4 rings (SSSR count). The van der Waals surface area contributed by atoms with Gasteiger partial charge in [-0.1, -0.05) is 25.7 Å². The van der Waals surface area contributed by atoms with Crippen LogP contribution >= 0.6 is 7.82 Å². The van der Waals surface area contributed by atoms with E-state index in [1.807, 2.05) is 0 Å². The van der Waals surface area contributed by atoms with Gasteiger partial charge in [0, 0.05) is 12.6 Å². The molecule has 2 saturated heterocycles. The summed E-state index contributed by atoms with van der Waals surface area (Å²) < 4.78 is 48.2. The molecule has 0 aromatic rings. The Bertz CT molecular complexity index is 708. The number of allylic oxidation sites excluding steroid dienone is 1. The molecule has 156 valence electrons. The molecule has 0 bridgehead atoms. The lowest BCUT2D eigenvalue weighted by Crippen LogP contribution is -2.40. The monoisotopic (exact) mass is 417 g/mol. The van der Waals surface area contributed by atoms with Crippen molar-refractivity contribution in [2.45, 2.75) is 69.8 Å². The summed E-state index contributed by atoms with van der Waals surface area (Å²) in [6, 6.07) is 0. The number of phosphoric ester groups is 1. The minimum Gasteiger partial charge on any atom is -0.349 e. The summed E-state index contributed by atoms with van der Waals surface area (Å²) in [6.45, 7) is 0.310. The first kappa shape index (κ1) is 20.2. The van der Waals surface area contributed by atoms with Gasteiger partial charge in [-0.2, -0.15) is 0 Å². The Morgan fingerprint density at radius 1 is 1.25 bits per heavy atom. The van der Waals surface area contributed by atoms with Gasteiger partial charge in [0.25, 0.3) is 0 Å². The molecule has 0 aromatic heterocycles. The van der Waals surface area contributed by atoms with Crippen molar-refractivity contribution in [2.75, 3.05) is 13.2 Å². The number of carbonyl (C=O) groups excluding carboxylic acids is 2. The van der Waals surface area contributed by atoms with Crippen LogP contribution in [0, 0.1) is 5.92 Å². The molecule has 4 aliphatic rings. The lowest BCUT2D eigenvalue weighted by Gasteiger charge is -2.30. The number of hydrogen-bond donors (Lipinski definition) is 0. The summed E-state index contributed by atoms with van der Waals surface area (Å²) in [5.41, 5.74) is 0. The largest absolute Gasteiger partial charge is 0.475 e. The fourth-order valence-corrected chi connectivity index (χ4v) is 5.66. The Balaban J connectivity index is 1.28. The molecule has 8 nitrogen and oxygen atoms in total. The number of phosphoric acid groups is 1.